The van der Waals surface area contributed by atoms with Gasteiger partial charge in [0.05, 0.1) is 8.07 Å². The van der Waals surface area contributed by atoms with Crippen molar-refractivity contribution in [2.24, 2.45) is 0 Å². The largest absolute Gasteiger partial charge is 0.305 e. The number of hydrogen-bond acceptors (Lipinski definition) is 3. The molecule has 42 heavy (non-hydrogen) atoms. The van der Waals surface area contributed by atoms with E-state index in [2.05, 4.69) is 67.7 Å². The molecule has 6 heteroatoms. The van der Waals surface area contributed by atoms with E-state index in [0.717, 1.165) is 36.6 Å². The quantitative estimate of drug-likeness (QED) is 0.132. The monoisotopic (exact) mass is 773 g/mol. The van der Waals surface area contributed by atoms with Gasteiger partial charge in [0.1, 0.15) is 5.82 Å². The van der Waals surface area contributed by atoms with Crippen molar-refractivity contribution in [3.8, 4) is 22.5 Å². The molecule has 0 saturated heterocycles. The first kappa shape index (κ1) is 24.4. The minimum absolute atomic E-state index is 0. The second-order valence-electron chi connectivity index (χ2n) is 11.3. The molecule has 0 atom stereocenters. The predicted octanol–water partition coefficient (Wildman–Crippen LogP) is 9.89. The van der Waals surface area contributed by atoms with Gasteiger partial charge in [-0.25, -0.2) is 4.39 Å². The van der Waals surface area contributed by atoms with Crippen LogP contribution in [-0.4, -0.2) is 18.0 Å². The van der Waals surface area contributed by atoms with Gasteiger partial charge in [-0.2, -0.15) is 11.3 Å². The standard InChI is InChI=1S/C20H15FNS.C16H20NSi.Ir/c1-12(2)13-8-9-22-18(10-13)17-5-3-4-16-15-7-6-14(21)11-19(15)23-20(16)17;1-12-6-8-14(9-7-12)15-10-13(2)16(11-17-15)18(3,4)5;/h3-4,6-12H,1-2H3;6-8,10-11H,1-5H3;/q2*-1;/i;1D3,2D3;. The second kappa shape index (κ2) is 13.1. The molecule has 3 aromatic carbocycles. The summed E-state index contributed by atoms with van der Waals surface area (Å²) in [6, 6.07) is 25.4. The zero-order valence-electron chi connectivity index (χ0n) is 30.1. The molecule has 0 fully saturated rings. The van der Waals surface area contributed by atoms with E-state index in [1.54, 1.807) is 35.7 Å². The first-order chi connectivity index (χ1) is 21.9. The summed E-state index contributed by atoms with van der Waals surface area (Å²) in [5.41, 5.74) is 4.75. The maximum absolute atomic E-state index is 13.5. The molecule has 0 aliphatic rings. The number of halogens is 1. The van der Waals surface area contributed by atoms with Crippen LogP contribution in [0.1, 0.15) is 44.7 Å². The van der Waals surface area contributed by atoms with Crippen molar-refractivity contribution in [1.82, 2.24) is 9.97 Å². The Bertz CT molecular complexity index is 2050. The molecule has 6 rings (SSSR count). The Morgan fingerprint density at radius 2 is 1.74 bits per heavy atom. The normalized spacial score (nSPS) is 14.1. The van der Waals surface area contributed by atoms with Crippen molar-refractivity contribution in [2.45, 2.75) is 53.1 Å². The minimum atomic E-state index is -2.22. The van der Waals surface area contributed by atoms with Crippen LogP contribution >= 0.6 is 11.3 Å². The second-order valence-corrected chi connectivity index (χ2v) is 17.4. The van der Waals surface area contributed by atoms with Gasteiger partial charge in [0.25, 0.3) is 0 Å². The molecular weight excluding hydrogens is 732 g/mol. The van der Waals surface area contributed by atoms with Gasteiger partial charge >= 0.3 is 0 Å². The fraction of sp³-hybridized carbons (Fsp3) is 0.222. The van der Waals surface area contributed by atoms with E-state index in [-0.39, 0.29) is 31.5 Å². The molecule has 6 aromatic rings. The van der Waals surface area contributed by atoms with Crippen molar-refractivity contribution in [3.63, 3.8) is 0 Å². The summed E-state index contributed by atoms with van der Waals surface area (Å²) >= 11 is 1.60. The molecule has 0 saturated carbocycles. The van der Waals surface area contributed by atoms with Gasteiger partial charge in [-0.05, 0) is 57.6 Å². The minimum Gasteiger partial charge on any atom is -0.305 e. The van der Waals surface area contributed by atoms with Crippen LogP contribution in [-0.2, 0) is 20.1 Å². The SMILES string of the molecule is CC(C)c1ccnc(-c2[c-]ccc3c2sc2cc(F)ccc23)c1.[2H]C([2H])([2H])c1c[c-]c(-c2cc(C([2H])([2H])[2H])c([Si](C)(C)C)cn2)cc1.[Ir]. The molecule has 3 aromatic heterocycles. The van der Waals surface area contributed by atoms with Gasteiger partial charge in [-0.3, -0.25) is 0 Å². The zero-order valence-corrected chi connectivity index (χ0v) is 28.3. The predicted molar refractivity (Wildman–Crippen MR) is 176 cm³/mol. The van der Waals surface area contributed by atoms with Crippen LogP contribution in [0, 0.1) is 31.7 Å². The Balaban J connectivity index is 0.000000212. The molecule has 0 unspecified atom stereocenters. The fourth-order valence-electron chi connectivity index (χ4n) is 4.63. The Hall–Kier alpha value is -3.02. The number of fused-ring (bicyclic) bond motifs is 3. The number of aromatic nitrogens is 2. The van der Waals surface area contributed by atoms with E-state index in [4.69, 9.17) is 8.22 Å². The molecule has 0 amide bonds. The maximum Gasteiger partial charge on any atom is 0.124 e. The molecule has 0 bridgehead atoms. The summed E-state index contributed by atoms with van der Waals surface area (Å²) in [4.78, 5) is 8.93. The summed E-state index contributed by atoms with van der Waals surface area (Å²) in [6.45, 7) is 6.18. The van der Waals surface area contributed by atoms with E-state index >= 15 is 0 Å². The molecule has 0 N–H and O–H groups in total. The first-order valence-electron chi connectivity index (χ1n) is 16.5. The van der Waals surface area contributed by atoms with Gasteiger partial charge in [-0.15, -0.1) is 59.2 Å². The van der Waals surface area contributed by atoms with Gasteiger partial charge in [0.15, 0.2) is 0 Å². The van der Waals surface area contributed by atoms with Crippen LogP contribution < -0.4 is 5.19 Å². The smallest absolute Gasteiger partial charge is 0.124 e. The molecule has 0 aliphatic carbocycles. The zero-order chi connectivity index (χ0) is 34.3. The molecule has 3 heterocycles. The molecule has 0 spiro atoms. The Morgan fingerprint density at radius 3 is 2.43 bits per heavy atom. The number of rotatable bonds is 4. The van der Waals surface area contributed by atoms with Crippen LogP contribution in [0.15, 0.2) is 79.1 Å². The van der Waals surface area contributed by atoms with Gasteiger partial charge in [0.2, 0.25) is 0 Å². The van der Waals surface area contributed by atoms with E-state index < -0.39 is 21.8 Å². The number of benzene rings is 3. The van der Waals surface area contributed by atoms with Crippen LogP contribution in [0.4, 0.5) is 4.39 Å². The van der Waals surface area contributed by atoms with Gasteiger partial charge in [-0.1, -0.05) is 75.1 Å². The molecule has 1 radical (unpaired) electrons. The molecule has 0 aliphatic heterocycles. The van der Waals surface area contributed by atoms with Crippen molar-refractivity contribution < 1.29 is 32.7 Å². The van der Waals surface area contributed by atoms with Crippen LogP contribution in [0.5, 0.6) is 0 Å². The Morgan fingerprint density at radius 1 is 0.905 bits per heavy atom. The van der Waals surface area contributed by atoms with Crippen LogP contribution in [0.2, 0.25) is 19.6 Å². The number of pyridine rings is 2. The average Bonchev–Trinajstić information content (AvgIpc) is 3.37. The topological polar surface area (TPSA) is 25.8 Å². The number of aryl methyl sites for hydroxylation is 2. The molecular formula is C36H35FIrN2SSi-2. The van der Waals surface area contributed by atoms with Crippen molar-refractivity contribution >= 4 is 44.8 Å². The Kier molecular flexibility index (Phi) is 7.61. The number of thiophene rings is 1. The van der Waals surface area contributed by atoms with E-state index in [0.29, 0.717) is 22.7 Å². The summed E-state index contributed by atoms with van der Waals surface area (Å²) in [6.07, 6.45) is 3.50. The first-order valence-corrected chi connectivity index (χ1v) is 17.8. The van der Waals surface area contributed by atoms with E-state index in [9.17, 15) is 4.39 Å². The van der Waals surface area contributed by atoms with E-state index in [1.165, 1.54) is 23.8 Å². The van der Waals surface area contributed by atoms with Crippen LogP contribution in [0.25, 0.3) is 42.7 Å². The van der Waals surface area contributed by atoms with Gasteiger partial charge in [0, 0.05) is 45.4 Å². The van der Waals surface area contributed by atoms with Crippen molar-refractivity contribution in [3.05, 3.63) is 114 Å². The van der Waals surface area contributed by atoms with Gasteiger partial charge < -0.3 is 9.97 Å². The Labute approximate surface area is 275 Å². The third-order valence-electron chi connectivity index (χ3n) is 6.90. The number of nitrogens with zero attached hydrogens (tertiary/aromatic N) is 2. The van der Waals surface area contributed by atoms with Crippen molar-refractivity contribution in [2.75, 3.05) is 0 Å². The summed E-state index contributed by atoms with van der Waals surface area (Å²) < 4.78 is 61.2. The summed E-state index contributed by atoms with van der Waals surface area (Å²) in [5.74, 6) is 0.252. The number of hydrogen-bond donors (Lipinski definition) is 0. The average molecular weight is 773 g/mol. The summed E-state index contributed by atoms with van der Waals surface area (Å²) in [7, 11) is -1.85. The third kappa shape index (κ3) is 6.95. The van der Waals surface area contributed by atoms with Crippen molar-refractivity contribution in [1.29, 1.82) is 0 Å². The summed E-state index contributed by atoms with van der Waals surface area (Å²) in [5, 5.41) is 3.03. The van der Waals surface area contributed by atoms with Crippen LogP contribution in [0.3, 0.4) is 0 Å². The third-order valence-corrected chi connectivity index (χ3v) is 10.1. The molecule has 2 nitrogen and oxygen atoms in total. The molecule has 217 valence electrons. The maximum atomic E-state index is 13.5. The fourth-order valence-corrected chi connectivity index (χ4v) is 7.20. The van der Waals surface area contributed by atoms with E-state index in [1.807, 2.05) is 24.4 Å².